The maximum Gasteiger partial charge on any atom is 0.338 e. The molecule has 2 aliphatic rings. The zero-order valence-corrected chi connectivity index (χ0v) is 25.1. The van der Waals surface area contributed by atoms with E-state index in [9.17, 15) is 27.9 Å². The van der Waals surface area contributed by atoms with Gasteiger partial charge in [-0.2, -0.15) is 0 Å². The second-order valence-electron chi connectivity index (χ2n) is 10.9. The van der Waals surface area contributed by atoms with Crippen LogP contribution in [0, 0.1) is 0 Å². The number of rotatable bonds is 8. The standard InChI is InChI=1S/C31H29ClN4O7S/c32-23-8-6-22-15-26(9-7-21(22)14-23)44(41,42)19-27(37)29(38)34-12-10-24(11-13-34)35-17-25-16-33-28(36(25)31(35)40)18-43-30(39)20-4-2-1-3-5-20/h1-9,14-16,24,27,37H,10-13,17-19H2/t27-/m1/s1. The number of aromatic nitrogens is 2. The molecule has 1 atom stereocenters. The molecule has 0 unspecified atom stereocenters. The molecule has 0 aliphatic carbocycles. The quantitative estimate of drug-likeness (QED) is 0.289. The van der Waals surface area contributed by atoms with Crippen molar-refractivity contribution in [2.45, 2.75) is 43.0 Å². The summed E-state index contributed by atoms with van der Waals surface area (Å²) in [5.74, 6) is -1.59. The summed E-state index contributed by atoms with van der Waals surface area (Å²) in [5, 5.41) is 12.6. The molecule has 11 nitrogen and oxygen atoms in total. The molecule has 0 saturated carbocycles. The molecular formula is C31H29ClN4O7S. The van der Waals surface area contributed by atoms with Crippen LogP contribution in [0.25, 0.3) is 10.8 Å². The van der Waals surface area contributed by atoms with Gasteiger partial charge in [0.1, 0.15) is 12.7 Å². The fourth-order valence-corrected chi connectivity index (χ4v) is 7.21. The molecule has 4 aromatic rings. The van der Waals surface area contributed by atoms with Gasteiger partial charge >= 0.3 is 12.0 Å². The van der Waals surface area contributed by atoms with E-state index in [0.29, 0.717) is 46.9 Å². The van der Waals surface area contributed by atoms with Crippen LogP contribution >= 0.6 is 11.6 Å². The molecule has 1 saturated heterocycles. The van der Waals surface area contributed by atoms with Gasteiger partial charge in [-0.15, -0.1) is 0 Å². The second-order valence-corrected chi connectivity index (χ2v) is 13.3. The molecule has 3 aromatic carbocycles. The van der Waals surface area contributed by atoms with E-state index in [4.69, 9.17) is 16.3 Å². The average Bonchev–Trinajstić information content (AvgIpc) is 3.59. The highest BCUT2D eigenvalue weighted by Crippen LogP contribution is 2.28. The Morgan fingerprint density at radius 3 is 2.48 bits per heavy atom. The molecule has 1 N–H and O–H groups in total. The number of hydrogen-bond donors (Lipinski definition) is 1. The van der Waals surface area contributed by atoms with Crippen molar-refractivity contribution in [1.29, 1.82) is 0 Å². The van der Waals surface area contributed by atoms with Gasteiger partial charge in [0.15, 0.2) is 15.7 Å². The fourth-order valence-electron chi connectivity index (χ4n) is 5.69. The van der Waals surface area contributed by atoms with Crippen molar-refractivity contribution in [2.75, 3.05) is 18.8 Å². The van der Waals surface area contributed by atoms with Gasteiger partial charge in [-0.05, 0) is 60.0 Å². The summed E-state index contributed by atoms with van der Waals surface area (Å²) < 4.78 is 32.9. The summed E-state index contributed by atoms with van der Waals surface area (Å²) >= 11 is 6.01. The van der Waals surface area contributed by atoms with E-state index < -0.39 is 33.6 Å². The Bertz CT molecular complexity index is 1850. The van der Waals surface area contributed by atoms with Crippen molar-refractivity contribution in [1.82, 2.24) is 19.4 Å². The summed E-state index contributed by atoms with van der Waals surface area (Å²) in [6.45, 7) is 0.691. The number of imidazole rings is 1. The summed E-state index contributed by atoms with van der Waals surface area (Å²) in [6, 6.07) is 17.8. The lowest BCUT2D eigenvalue weighted by molar-refractivity contribution is -0.140. The van der Waals surface area contributed by atoms with Crippen LogP contribution in [0.15, 0.2) is 77.8 Å². The van der Waals surface area contributed by atoms with E-state index in [-0.39, 0.29) is 36.7 Å². The molecule has 0 bridgehead atoms. The van der Waals surface area contributed by atoms with Crippen LogP contribution < -0.4 is 0 Å². The summed E-state index contributed by atoms with van der Waals surface area (Å²) in [5.41, 5.74) is 1.08. The smallest absolute Gasteiger partial charge is 0.338 e. The molecule has 1 fully saturated rings. The van der Waals surface area contributed by atoms with Crippen LogP contribution in [-0.4, -0.2) is 81.8 Å². The number of piperidine rings is 1. The Kier molecular flexibility index (Phi) is 8.14. The maximum atomic E-state index is 13.3. The number of benzene rings is 3. The van der Waals surface area contributed by atoms with Crippen molar-refractivity contribution in [3.63, 3.8) is 0 Å². The average molecular weight is 637 g/mol. The van der Waals surface area contributed by atoms with E-state index in [0.717, 1.165) is 5.39 Å². The van der Waals surface area contributed by atoms with Crippen LogP contribution in [0.2, 0.25) is 5.02 Å². The first kappa shape index (κ1) is 29.8. The topological polar surface area (TPSA) is 139 Å². The van der Waals surface area contributed by atoms with Gasteiger partial charge in [0.2, 0.25) is 0 Å². The van der Waals surface area contributed by atoms with Crippen LogP contribution in [0.1, 0.15) is 34.7 Å². The number of amides is 2. The zero-order chi connectivity index (χ0) is 31.0. The number of fused-ring (bicyclic) bond motifs is 2. The fraction of sp³-hybridized carbons (Fsp3) is 0.290. The molecule has 44 heavy (non-hydrogen) atoms. The molecule has 2 aliphatic heterocycles. The van der Waals surface area contributed by atoms with E-state index >= 15 is 0 Å². The minimum absolute atomic E-state index is 0.0121. The van der Waals surface area contributed by atoms with Gasteiger partial charge in [0.05, 0.1) is 34.6 Å². The normalized spacial score (nSPS) is 16.3. The Morgan fingerprint density at radius 2 is 1.73 bits per heavy atom. The molecule has 0 radical (unpaired) electrons. The number of carbonyl (C=O) groups is 3. The molecular weight excluding hydrogens is 608 g/mol. The Hall–Kier alpha value is -4.26. The number of halogens is 1. The lowest BCUT2D eigenvalue weighted by Gasteiger charge is -2.37. The number of aliphatic hydroxyl groups excluding tert-OH is 1. The van der Waals surface area contributed by atoms with Gasteiger partial charge in [-0.1, -0.05) is 41.9 Å². The number of aliphatic hydroxyl groups is 1. The van der Waals surface area contributed by atoms with E-state index in [1.54, 1.807) is 65.7 Å². The molecule has 3 heterocycles. The van der Waals surface area contributed by atoms with Crippen LogP contribution in [0.4, 0.5) is 4.79 Å². The first-order valence-corrected chi connectivity index (χ1v) is 16.1. The van der Waals surface area contributed by atoms with Crippen LogP contribution in [0.3, 0.4) is 0 Å². The monoisotopic (exact) mass is 636 g/mol. The Balaban J connectivity index is 1.03. The van der Waals surface area contributed by atoms with Crippen molar-refractivity contribution in [2.24, 2.45) is 0 Å². The predicted molar refractivity (Wildman–Crippen MR) is 161 cm³/mol. The molecule has 13 heteroatoms. The summed E-state index contributed by atoms with van der Waals surface area (Å²) in [4.78, 5) is 46.1. The molecule has 0 spiro atoms. The van der Waals surface area contributed by atoms with Gasteiger partial charge in [0.25, 0.3) is 5.91 Å². The molecule has 6 rings (SSSR count). The first-order chi connectivity index (χ1) is 21.1. The van der Waals surface area contributed by atoms with E-state index in [1.807, 2.05) is 0 Å². The first-order valence-electron chi connectivity index (χ1n) is 14.1. The van der Waals surface area contributed by atoms with Crippen LogP contribution in [0.5, 0.6) is 0 Å². The number of ether oxygens (including phenoxy) is 1. The number of hydrogen-bond acceptors (Lipinski definition) is 8. The van der Waals surface area contributed by atoms with Gasteiger partial charge in [0, 0.05) is 24.2 Å². The number of nitrogens with zero attached hydrogens (tertiary/aromatic N) is 4. The molecule has 1 aromatic heterocycles. The second kappa shape index (κ2) is 12.0. The zero-order valence-electron chi connectivity index (χ0n) is 23.5. The Labute approximate surface area is 258 Å². The van der Waals surface area contributed by atoms with Crippen LogP contribution in [-0.2, 0) is 32.5 Å². The highest BCUT2D eigenvalue weighted by atomic mass is 35.5. The minimum Gasteiger partial charge on any atom is -0.454 e. The summed E-state index contributed by atoms with van der Waals surface area (Å²) in [6.07, 6.45) is 0.782. The lowest BCUT2D eigenvalue weighted by atomic mass is 10.0. The van der Waals surface area contributed by atoms with Crippen molar-refractivity contribution in [3.05, 3.63) is 95.0 Å². The SMILES string of the molecule is O=C(OCc1ncc2n1C(=O)N(C1CCN(C(=O)[C@H](O)CS(=O)(=O)c3ccc4cc(Cl)ccc4c3)CC1)C2)c1ccccc1. The molecule has 2 amide bonds. The maximum absolute atomic E-state index is 13.3. The predicted octanol–water partition coefficient (Wildman–Crippen LogP) is 3.66. The number of carbonyl (C=O) groups excluding carboxylic acids is 3. The largest absolute Gasteiger partial charge is 0.454 e. The highest BCUT2D eigenvalue weighted by Gasteiger charge is 2.38. The van der Waals surface area contributed by atoms with E-state index in [2.05, 4.69) is 4.98 Å². The van der Waals surface area contributed by atoms with Gasteiger partial charge < -0.3 is 19.6 Å². The molecule has 228 valence electrons. The van der Waals surface area contributed by atoms with Gasteiger partial charge in [-0.3, -0.25) is 4.79 Å². The van der Waals surface area contributed by atoms with Gasteiger partial charge in [-0.25, -0.2) is 27.6 Å². The third-order valence-electron chi connectivity index (χ3n) is 8.03. The number of esters is 1. The van der Waals surface area contributed by atoms with Crippen molar-refractivity contribution in [3.8, 4) is 0 Å². The number of sulfone groups is 1. The Morgan fingerprint density at radius 1 is 1.02 bits per heavy atom. The summed E-state index contributed by atoms with van der Waals surface area (Å²) in [7, 11) is -3.95. The third-order valence-corrected chi connectivity index (χ3v) is 9.99. The lowest BCUT2D eigenvalue weighted by Crippen LogP contribution is -2.50. The van der Waals surface area contributed by atoms with Crippen molar-refractivity contribution < 1.29 is 32.6 Å². The number of likely N-dealkylation sites (tertiary alicyclic amines) is 1. The third kappa shape index (κ3) is 5.92. The van der Waals surface area contributed by atoms with E-state index in [1.165, 1.54) is 21.6 Å². The minimum atomic E-state index is -3.95. The highest BCUT2D eigenvalue weighted by molar-refractivity contribution is 7.91. The van der Waals surface area contributed by atoms with Crippen molar-refractivity contribution >= 4 is 50.1 Å².